The smallest absolute Gasteiger partial charge is 0.269 e. The molecular formula is C24H25F6NO3S. The van der Waals surface area contributed by atoms with Gasteiger partial charge in [-0.1, -0.05) is 42.2 Å². The number of sulfonamides is 1. The zero-order valence-corrected chi connectivity index (χ0v) is 19.8. The molecule has 4 nitrogen and oxygen atoms in total. The maximum Gasteiger partial charge on any atom is 0.424 e. The molecule has 1 heterocycles. The number of unbranched alkanes of at least 4 members (excludes halogenated alkanes) is 3. The van der Waals surface area contributed by atoms with Crippen LogP contribution in [0.4, 0.5) is 26.3 Å². The van der Waals surface area contributed by atoms with E-state index in [-0.39, 0.29) is 48.4 Å². The van der Waals surface area contributed by atoms with E-state index in [0.717, 1.165) is 11.6 Å². The van der Waals surface area contributed by atoms with Gasteiger partial charge in [0.1, 0.15) is 0 Å². The molecular weight excluding hydrogens is 496 g/mol. The Morgan fingerprint density at radius 3 is 2.20 bits per heavy atom. The summed E-state index contributed by atoms with van der Waals surface area (Å²) in [7, 11) is -4.62. The number of carbonyl (C=O) groups is 1. The molecule has 0 bridgehead atoms. The third-order valence-electron chi connectivity index (χ3n) is 5.94. The molecule has 192 valence electrons. The van der Waals surface area contributed by atoms with Crippen molar-refractivity contribution in [3.63, 3.8) is 0 Å². The van der Waals surface area contributed by atoms with Crippen LogP contribution in [0, 0.1) is 18.8 Å². The monoisotopic (exact) mass is 521 g/mol. The molecule has 0 aromatic heterocycles. The van der Waals surface area contributed by atoms with E-state index in [2.05, 4.69) is 11.8 Å². The van der Waals surface area contributed by atoms with E-state index in [1.54, 1.807) is 31.2 Å². The Kier molecular flexibility index (Phi) is 7.65. The van der Waals surface area contributed by atoms with Crippen molar-refractivity contribution < 1.29 is 39.6 Å². The first-order chi connectivity index (χ1) is 16.2. The lowest BCUT2D eigenvalue weighted by Gasteiger charge is -2.43. The molecule has 1 fully saturated rings. The SMILES string of the molecule is Cc1ccc(C2=CC(=O)N(S(=O)(=O)C3CC3)C(C#CCCCCCC(F)(F)F)(C(F)(F)F)C2)cc1. The van der Waals surface area contributed by atoms with Gasteiger partial charge in [-0.05, 0) is 43.7 Å². The van der Waals surface area contributed by atoms with E-state index < -0.39 is 51.9 Å². The Morgan fingerprint density at radius 2 is 1.66 bits per heavy atom. The number of halogens is 6. The number of aryl methyl sites for hydroxylation is 1. The summed E-state index contributed by atoms with van der Waals surface area (Å²) in [6.45, 7) is 1.79. The van der Waals surface area contributed by atoms with Crippen molar-refractivity contribution in [2.75, 3.05) is 0 Å². The second kappa shape index (κ2) is 9.88. The number of carbonyl (C=O) groups excluding carboxylic acids is 1. The molecule has 1 aliphatic carbocycles. The van der Waals surface area contributed by atoms with Crippen LogP contribution >= 0.6 is 0 Å². The van der Waals surface area contributed by atoms with Gasteiger partial charge in [-0.15, -0.1) is 5.92 Å². The molecule has 0 radical (unpaired) electrons. The maximum atomic E-state index is 14.6. The van der Waals surface area contributed by atoms with Gasteiger partial charge in [0, 0.05) is 25.3 Å². The number of nitrogens with zero attached hydrogens (tertiary/aromatic N) is 1. The van der Waals surface area contributed by atoms with Crippen molar-refractivity contribution in [3.05, 3.63) is 41.5 Å². The highest BCUT2D eigenvalue weighted by molar-refractivity contribution is 7.90. The molecule has 1 aliphatic heterocycles. The lowest BCUT2D eigenvalue weighted by Crippen LogP contribution is -2.64. The molecule has 0 N–H and O–H groups in total. The van der Waals surface area contributed by atoms with Gasteiger partial charge in [-0.2, -0.15) is 26.3 Å². The van der Waals surface area contributed by atoms with Crippen LogP contribution in [-0.4, -0.2) is 41.8 Å². The van der Waals surface area contributed by atoms with Crippen LogP contribution < -0.4 is 0 Å². The summed E-state index contributed by atoms with van der Waals surface area (Å²) in [6.07, 6.45) is -10.3. The Labute approximate surface area is 200 Å². The first kappa shape index (κ1) is 27.1. The topological polar surface area (TPSA) is 54.5 Å². The van der Waals surface area contributed by atoms with Gasteiger partial charge in [-0.3, -0.25) is 4.79 Å². The molecule has 3 rings (SSSR count). The molecule has 1 saturated carbocycles. The highest BCUT2D eigenvalue weighted by Crippen LogP contribution is 2.48. The Morgan fingerprint density at radius 1 is 1.03 bits per heavy atom. The second-order valence-electron chi connectivity index (χ2n) is 8.89. The average Bonchev–Trinajstić information content (AvgIpc) is 3.57. The maximum absolute atomic E-state index is 14.6. The normalized spacial score (nSPS) is 21.4. The van der Waals surface area contributed by atoms with Gasteiger partial charge in [-0.25, -0.2) is 12.7 Å². The lowest BCUT2D eigenvalue weighted by molar-refractivity contribution is -0.198. The highest BCUT2D eigenvalue weighted by atomic mass is 32.2. The number of benzene rings is 1. The van der Waals surface area contributed by atoms with Gasteiger partial charge in [0.05, 0.1) is 5.25 Å². The summed E-state index contributed by atoms with van der Waals surface area (Å²) in [6, 6.07) is 6.43. The van der Waals surface area contributed by atoms with Gasteiger partial charge in [0.15, 0.2) is 0 Å². The molecule has 1 aromatic rings. The van der Waals surface area contributed by atoms with Crippen LogP contribution in [0.15, 0.2) is 30.3 Å². The molecule has 1 unspecified atom stereocenters. The van der Waals surface area contributed by atoms with E-state index in [9.17, 15) is 39.6 Å². The Hall–Kier alpha value is -2.48. The molecule has 1 aromatic carbocycles. The van der Waals surface area contributed by atoms with Gasteiger partial charge in [0.25, 0.3) is 5.91 Å². The van der Waals surface area contributed by atoms with Gasteiger partial charge < -0.3 is 0 Å². The van der Waals surface area contributed by atoms with Crippen molar-refractivity contribution in [1.29, 1.82) is 0 Å². The third-order valence-corrected chi connectivity index (χ3v) is 8.25. The first-order valence-corrected chi connectivity index (χ1v) is 12.7. The lowest BCUT2D eigenvalue weighted by atomic mass is 9.84. The minimum atomic E-state index is -5.21. The quantitative estimate of drug-likeness (QED) is 0.254. The number of hydrogen-bond acceptors (Lipinski definition) is 3. The Balaban J connectivity index is 1.97. The van der Waals surface area contributed by atoms with Crippen LogP contribution in [0.5, 0.6) is 0 Å². The molecule has 0 spiro atoms. The van der Waals surface area contributed by atoms with E-state index >= 15 is 0 Å². The minimum absolute atomic E-state index is 0.00838. The zero-order valence-electron chi connectivity index (χ0n) is 19.0. The van der Waals surface area contributed by atoms with Crippen LogP contribution in [-0.2, 0) is 14.8 Å². The van der Waals surface area contributed by atoms with Gasteiger partial charge >= 0.3 is 12.4 Å². The Bertz CT molecular complexity index is 1140. The number of amides is 1. The molecule has 0 saturated heterocycles. The van der Waals surface area contributed by atoms with Crippen molar-refractivity contribution in [3.8, 4) is 11.8 Å². The second-order valence-corrected chi connectivity index (χ2v) is 11.0. The van der Waals surface area contributed by atoms with Crippen molar-refractivity contribution >= 4 is 21.5 Å². The molecule has 1 atom stereocenters. The fourth-order valence-electron chi connectivity index (χ4n) is 3.91. The fraction of sp³-hybridized carbons (Fsp3) is 0.542. The highest BCUT2D eigenvalue weighted by Gasteiger charge is 2.66. The molecule has 11 heteroatoms. The molecule has 1 amide bonds. The first-order valence-electron chi connectivity index (χ1n) is 11.2. The van der Waals surface area contributed by atoms with Gasteiger partial charge in [0.2, 0.25) is 15.6 Å². The zero-order chi connectivity index (χ0) is 26.1. The summed E-state index contributed by atoms with van der Waals surface area (Å²) in [5.74, 6) is 3.07. The predicted molar refractivity (Wildman–Crippen MR) is 118 cm³/mol. The molecule has 2 aliphatic rings. The summed E-state index contributed by atoms with van der Waals surface area (Å²) < 4.78 is 107. The van der Waals surface area contributed by atoms with Crippen LogP contribution in [0.3, 0.4) is 0 Å². The summed E-state index contributed by atoms with van der Waals surface area (Å²) in [5.41, 5.74) is -2.10. The number of rotatable bonds is 7. The largest absolute Gasteiger partial charge is 0.424 e. The number of alkyl halides is 6. The van der Waals surface area contributed by atoms with Crippen LogP contribution in [0.1, 0.15) is 62.5 Å². The molecule has 35 heavy (non-hydrogen) atoms. The van der Waals surface area contributed by atoms with E-state index in [0.29, 0.717) is 5.56 Å². The van der Waals surface area contributed by atoms with Crippen molar-refractivity contribution in [2.45, 2.75) is 81.4 Å². The number of hydrogen-bond donors (Lipinski definition) is 0. The summed E-state index contributed by atoms with van der Waals surface area (Å²) >= 11 is 0. The summed E-state index contributed by atoms with van der Waals surface area (Å²) in [4.78, 5) is 13.0. The van der Waals surface area contributed by atoms with Crippen molar-refractivity contribution in [2.24, 2.45) is 0 Å². The van der Waals surface area contributed by atoms with E-state index in [1.807, 2.05) is 0 Å². The summed E-state index contributed by atoms with van der Waals surface area (Å²) in [5, 5.41) is -1.08. The standard InChI is InChI=1S/C24H25F6NO3S/c1-17-7-9-18(10-8-17)19-15-21(32)31(35(33,34)20-11-12-20)22(16-19,24(28,29)30)13-5-3-2-4-6-14-23(25,26)27/h7-10,15,20H,2-4,6,11-12,14,16H2,1H3. The van der Waals surface area contributed by atoms with E-state index in [4.69, 9.17) is 0 Å². The minimum Gasteiger partial charge on any atom is -0.269 e. The fourth-order valence-corrected chi connectivity index (χ4v) is 5.89. The van der Waals surface area contributed by atoms with Crippen LogP contribution in [0.2, 0.25) is 0 Å². The predicted octanol–water partition coefficient (Wildman–Crippen LogP) is 5.92. The van der Waals surface area contributed by atoms with Crippen LogP contribution in [0.25, 0.3) is 5.57 Å². The third kappa shape index (κ3) is 6.21. The van der Waals surface area contributed by atoms with E-state index in [1.165, 1.54) is 0 Å². The van der Waals surface area contributed by atoms with Crippen molar-refractivity contribution in [1.82, 2.24) is 4.31 Å². The average molecular weight is 522 g/mol.